The second-order valence-corrected chi connectivity index (χ2v) is 5.76. The smallest absolute Gasteiger partial charge is 0.308 e. The highest BCUT2D eigenvalue weighted by Gasteiger charge is 2.41. The predicted octanol–water partition coefficient (Wildman–Crippen LogP) is 2.39. The molecule has 0 unspecified atom stereocenters. The fraction of sp³-hybridized carbons (Fsp3) is 0.500. The minimum absolute atomic E-state index is 0.0831. The molecule has 4 nitrogen and oxygen atoms in total. The first kappa shape index (κ1) is 14.6. The zero-order valence-corrected chi connectivity index (χ0v) is 12.0. The van der Waals surface area contributed by atoms with E-state index in [1.165, 1.54) is 0 Å². The molecule has 1 amide bonds. The first-order valence-electron chi connectivity index (χ1n) is 7.04. The van der Waals surface area contributed by atoms with Gasteiger partial charge < -0.3 is 10.0 Å². The summed E-state index contributed by atoms with van der Waals surface area (Å²) in [5, 5.41) is 9.05. The van der Waals surface area contributed by atoms with Crippen LogP contribution in [-0.2, 0) is 16.1 Å². The van der Waals surface area contributed by atoms with Crippen LogP contribution in [-0.4, -0.2) is 28.4 Å². The van der Waals surface area contributed by atoms with E-state index < -0.39 is 11.9 Å². The molecule has 0 bridgehead atoms. The molecule has 1 N–H and O–H groups in total. The number of aliphatic carboxylic acids is 1. The van der Waals surface area contributed by atoms with Crippen LogP contribution in [0.5, 0.6) is 0 Å². The maximum absolute atomic E-state index is 12.4. The largest absolute Gasteiger partial charge is 0.481 e. The van der Waals surface area contributed by atoms with E-state index in [4.69, 9.17) is 5.11 Å². The van der Waals surface area contributed by atoms with Crippen LogP contribution in [0.4, 0.5) is 0 Å². The van der Waals surface area contributed by atoms with E-state index in [0.717, 1.165) is 12.0 Å². The number of hydrogen-bond acceptors (Lipinski definition) is 2. The number of nitrogens with zero attached hydrogens (tertiary/aromatic N) is 1. The Morgan fingerprint density at radius 2 is 1.95 bits per heavy atom. The number of carboxylic acids is 1. The molecule has 1 aromatic carbocycles. The quantitative estimate of drug-likeness (QED) is 0.867. The lowest BCUT2D eigenvalue weighted by Gasteiger charge is -2.25. The second-order valence-electron chi connectivity index (χ2n) is 5.76. The molecule has 4 heteroatoms. The molecule has 3 atom stereocenters. The van der Waals surface area contributed by atoms with Gasteiger partial charge in [0.05, 0.1) is 5.92 Å². The zero-order valence-electron chi connectivity index (χ0n) is 12.0. The number of hydrogen-bond donors (Lipinski definition) is 1. The fourth-order valence-corrected chi connectivity index (χ4v) is 2.35. The van der Waals surface area contributed by atoms with Crippen molar-refractivity contribution in [1.82, 2.24) is 4.90 Å². The van der Waals surface area contributed by atoms with Crippen LogP contribution in [0.1, 0.15) is 25.8 Å². The van der Waals surface area contributed by atoms with E-state index in [1.807, 2.05) is 30.3 Å². The third-order valence-electron chi connectivity index (χ3n) is 3.87. The lowest BCUT2D eigenvalue weighted by Crippen LogP contribution is -2.37. The van der Waals surface area contributed by atoms with Crippen LogP contribution in [0.2, 0.25) is 0 Å². The average Bonchev–Trinajstić information content (AvgIpc) is 3.15. The van der Waals surface area contributed by atoms with Gasteiger partial charge in [0, 0.05) is 19.0 Å². The summed E-state index contributed by atoms with van der Waals surface area (Å²) in [6.45, 7) is 4.46. The molecule has 0 heterocycles. The van der Waals surface area contributed by atoms with Gasteiger partial charge in [-0.25, -0.2) is 0 Å². The summed E-state index contributed by atoms with van der Waals surface area (Å²) in [7, 11) is 0. The Balaban J connectivity index is 2.07. The Kier molecular flexibility index (Phi) is 4.42. The number of benzene rings is 1. The molecule has 0 radical (unpaired) electrons. The van der Waals surface area contributed by atoms with Crippen molar-refractivity contribution in [1.29, 1.82) is 0 Å². The van der Waals surface area contributed by atoms with Gasteiger partial charge in [-0.05, 0) is 17.9 Å². The fourth-order valence-electron chi connectivity index (χ4n) is 2.35. The lowest BCUT2D eigenvalue weighted by molar-refractivity contribution is -0.143. The molecular formula is C16H21NO3. The maximum atomic E-state index is 12.4. The Bertz CT molecular complexity index is 486. The lowest BCUT2D eigenvalue weighted by atomic mass is 10.1. The first-order chi connectivity index (χ1) is 9.49. The van der Waals surface area contributed by atoms with Crippen molar-refractivity contribution in [2.75, 3.05) is 6.54 Å². The SMILES string of the molecule is C[C@H](CN(Cc1ccccc1)C(=O)[C@H]1C[C@@H]1C)C(=O)O. The van der Waals surface area contributed by atoms with Crippen molar-refractivity contribution in [3.8, 4) is 0 Å². The standard InChI is InChI=1S/C16H21NO3/c1-11-8-14(11)15(18)17(9-12(2)16(19)20)10-13-6-4-3-5-7-13/h3-7,11-12,14H,8-10H2,1-2H3,(H,19,20)/t11-,12+,14-/m0/s1. The van der Waals surface area contributed by atoms with Gasteiger partial charge in [0.15, 0.2) is 0 Å². The van der Waals surface area contributed by atoms with E-state index in [9.17, 15) is 9.59 Å². The number of amides is 1. The Labute approximate surface area is 119 Å². The van der Waals surface area contributed by atoms with Crippen LogP contribution in [0, 0.1) is 17.8 Å². The van der Waals surface area contributed by atoms with Crippen molar-refractivity contribution in [2.45, 2.75) is 26.8 Å². The number of rotatable bonds is 6. The first-order valence-corrected chi connectivity index (χ1v) is 7.04. The minimum atomic E-state index is -0.861. The van der Waals surface area contributed by atoms with Gasteiger partial charge in [-0.3, -0.25) is 9.59 Å². The van der Waals surface area contributed by atoms with Crippen molar-refractivity contribution in [2.24, 2.45) is 17.8 Å². The molecule has 1 saturated carbocycles. The van der Waals surface area contributed by atoms with Crippen molar-refractivity contribution < 1.29 is 14.7 Å². The monoisotopic (exact) mass is 275 g/mol. The van der Waals surface area contributed by atoms with Crippen molar-refractivity contribution in [3.63, 3.8) is 0 Å². The highest BCUT2D eigenvalue weighted by Crippen LogP contribution is 2.39. The van der Waals surface area contributed by atoms with Crippen LogP contribution in [0.3, 0.4) is 0 Å². The van der Waals surface area contributed by atoms with E-state index >= 15 is 0 Å². The summed E-state index contributed by atoms with van der Waals surface area (Å²) in [5.41, 5.74) is 1.03. The Morgan fingerprint density at radius 1 is 1.35 bits per heavy atom. The third-order valence-corrected chi connectivity index (χ3v) is 3.87. The zero-order chi connectivity index (χ0) is 14.7. The topological polar surface area (TPSA) is 57.6 Å². The highest BCUT2D eigenvalue weighted by molar-refractivity contribution is 5.82. The van der Waals surface area contributed by atoms with Crippen molar-refractivity contribution in [3.05, 3.63) is 35.9 Å². The van der Waals surface area contributed by atoms with E-state index in [0.29, 0.717) is 12.5 Å². The van der Waals surface area contributed by atoms with Gasteiger partial charge in [0.1, 0.15) is 0 Å². The predicted molar refractivity (Wildman–Crippen MR) is 75.9 cm³/mol. The normalized spacial score (nSPS) is 22.1. The summed E-state index contributed by atoms with van der Waals surface area (Å²) in [5.74, 6) is -0.800. The van der Waals surface area contributed by atoms with Gasteiger partial charge in [0.25, 0.3) is 0 Å². The molecular weight excluding hydrogens is 254 g/mol. The summed E-state index contributed by atoms with van der Waals surface area (Å²) in [4.78, 5) is 25.1. The summed E-state index contributed by atoms with van der Waals surface area (Å²) in [6.07, 6.45) is 0.922. The molecule has 1 aliphatic carbocycles. The molecule has 0 aromatic heterocycles. The Morgan fingerprint density at radius 3 is 2.45 bits per heavy atom. The molecule has 2 rings (SSSR count). The molecule has 1 fully saturated rings. The number of carboxylic acid groups (broad SMARTS) is 1. The van der Waals surface area contributed by atoms with E-state index in [1.54, 1.807) is 11.8 Å². The van der Waals surface area contributed by atoms with Crippen LogP contribution < -0.4 is 0 Å². The van der Waals surface area contributed by atoms with Crippen molar-refractivity contribution >= 4 is 11.9 Å². The van der Waals surface area contributed by atoms with Crippen LogP contribution in [0.25, 0.3) is 0 Å². The van der Waals surface area contributed by atoms with E-state index in [2.05, 4.69) is 6.92 Å². The van der Waals surface area contributed by atoms with Gasteiger partial charge in [-0.15, -0.1) is 0 Å². The molecule has 1 aliphatic rings. The second kappa shape index (κ2) is 6.07. The maximum Gasteiger partial charge on any atom is 0.308 e. The molecule has 108 valence electrons. The molecule has 0 spiro atoms. The Hall–Kier alpha value is -1.84. The van der Waals surface area contributed by atoms with Gasteiger partial charge >= 0.3 is 5.97 Å². The summed E-state index contributed by atoms with van der Waals surface area (Å²) >= 11 is 0. The molecule has 0 saturated heterocycles. The van der Waals surface area contributed by atoms with Gasteiger partial charge in [-0.2, -0.15) is 0 Å². The number of carbonyl (C=O) groups is 2. The molecule has 20 heavy (non-hydrogen) atoms. The molecule has 0 aliphatic heterocycles. The third kappa shape index (κ3) is 3.59. The summed E-state index contributed by atoms with van der Waals surface area (Å²) < 4.78 is 0. The minimum Gasteiger partial charge on any atom is -0.481 e. The van der Waals surface area contributed by atoms with Gasteiger partial charge in [-0.1, -0.05) is 44.2 Å². The van der Waals surface area contributed by atoms with Crippen LogP contribution >= 0.6 is 0 Å². The average molecular weight is 275 g/mol. The van der Waals surface area contributed by atoms with Crippen LogP contribution in [0.15, 0.2) is 30.3 Å². The van der Waals surface area contributed by atoms with E-state index in [-0.39, 0.29) is 18.4 Å². The highest BCUT2D eigenvalue weighted by atomic mass is 16.4. The molecule has 1 aromatic rings. The van der Waals surface area contributed by atoms with Gasteiger partial charge in [0.2, 0.25) is 5.91 Å². The summed E-state index contributed by atoms with van der Waals surface area (Å²) in [6, 6.07) is 9.71. The number of carbonyl (C=O) groups excluding carboxylic acids is 1.